The van der Waals surface area contributed by atoms with Crippen molar-refractivity contribution in [3.8, 4) is 0 Å². The summed E-state index contributed by atoms with van der Waals surface area (Å²) in [6, 6.07) is 5.56. The molecule has 0 saturated heterocycles. The molecule has 0 saturated carbocycles. The summed E-state index contributed by atoms with van der Waals surface area (Å²) in [7, 11) is 0. The highest BCUT2D eigenvalue weighted by atomic mass is 35.5. The SMILES string of the molecule is CCC(CC)(CN)C(=O)Nc1cc(C)ccc1Cl. The van der Waals surface area contributed by atoms with Crippen molar-refractivity contribution in [1.29, 1.82) is 0 Å². The van der Waals surface area contributed by atoms with E-state index in [1.54, 1.807) is 6.07 Å². The molecule has 0 heterocycles. The predicted octanol–water partition coefficient (Wildman–Crippen LogP) is 3.35. The van der Waals surface area contributed by atoms with Crippen LogP contribution in [0.25, 0.3) is 0 Å². The fourth-order valence-corrected chi connectivity index (χ4v) is 2.11. The topological polar surface area (TPSA) is 55.1 Å². The lowest BCUT2D eigenvalue weighted by Gasteiger charge is -2.28. The molecule has 1 rings (SSSR count). The van der Waals surface area contributed by atoms with Gasteiger partial charge in [0.05, 0.1) is 16.1 Å². The molecule has 3 nitrogen and oxygen atoms in total. The molecule has 1 aromatic carbocycles. The molecule has 0 aliphatic rings. The molecule has 3 N–H and O–H groups in total. The van der Waals surface area contributed by atoms with E-state index in [1.807, 2.05) is 32.9 Å². The third kappa shape index (κ3) is 3.03. The van der Waals surface area contributed by atoms with Crippen LogP contribution in [0.3, 0.4) is 0 Å². The fourth-order valence-electron chi connectivity index (χ4n) is 1.94. The highest BCUT2D eigenvalue weighted by Crippen LogP contribution is 2.29. The molecule has 100 valence electrons. The summed E-state index contributed by atoms with van der Waals surface area (Å²) < 4.78 is 0. The van der Waals surface area contributed by atoms with Crippen LogP contribution in [-0.4, -0.2) is 12.5 Å². The highest BCUT2D eigenvalue weighted by Gasteiger charge is 2.33. The number of aryl methyl sites for hydroxylation is 1. The fraction of sp³-hybridized carbons (Fsp3) is 0.500. The van der Waals surface area contributed by atoms with Crippen LogP contribution in [-0.2, 0) is 4.79 Å². The Hall–Kier alpha value is -1.06. The second kappa shape index (κ2) is 6.21. The van der Waals surface area contributed by atoms with E-state index in [0.29, 0.717) is 17.3 Å². The van der Waals surface area contributed by atoms with E-state index >= 15 is 0 Å². The first-order valence-electron chi connectivity index (χ1n) is 6.26. The Morgan fingerprint density at radius 1 is 1.39 bits per heavy atom. The van der Waals surface area contributed by atoms with Crippen LogP contribution in [0.5, 0.6) is 0 Å². The Kier molecular flexibility index (Phi) is 5.17. The number of nitrogens with two attached hydrogens (primary N) is 1. The van der Waals surface area contributed by atoms with Gasteiger partial charge in [0, 0.05) is 6.54 Å². The maximum atomic E-state index is 12.3. The Bertz CT molecular complexity index is 420. The molecule has 0 unspecified atom stereocenters. The van der Waals surface area contributed by atoms with Crippen molar-refractivity contribution >= 4 is 23.2 Å². The number of amides is 1. The molecule has 1 amide bonds. The maximum absolute atomic E-state index is 12.3. The minimum Gasteiger partial charge on any atom is -0.329 e. The molecule has 1 aromatic rings. The van der Waals surface area contributed by atoms with Crippen molar-refractivity contribution in [2.45, 2.75) is 33.6 Å². The van der Waals surface area contributed by atoms with Crippen LogP contribution in [0.15, 0.2) is 18.2 Å². The number of hydrogen-bond acceptors (Lipinski definition) is 2. The molecular weight excluding hydrogens is 248 g/mol. The molecular formula is C14H21ClN2O. The molecule has 4 heteroatoms. The Morgan fingerprint density at radius 2 is 2.00 bits per heavy atom. The Morgan fingerprint density at radius 3 is 2.50 bits per heavy atom. The Balaban J connectivity index is 2.96. The first-order valence-corrected chi connectivity index (χ1v) is 6.64. The second-order valence-electron chi connectivity index (χ2n) is 4.63. The van der Waals surface area contributed by atoms with Gasteiger partial charge in [-0.3, -0.25) is 4.79 Å². The van der Waals surface area contributed by atoms with Crippen LogP contribution in [0, 0.1) is 12.3 Å². The molecule has 0 fully saturated rings. The molecule has 0 aliphatic carbocycles. The van der Waals surface area contributed by atoms with E-state index in [4.69, 9.17) is 17.3 Å². The molecule has 18 heavy (non-hydrogen) atoms. The number of benzene rings is 1. The highest BCUT2D eigenvalue weighted by molar-refractivity contribution is 6.33. The molecule has 0 bridgehead atoms. The normalized spacial score (nSPS) is 11.4. The second-order valence-corrected chi connectivity index (χ2v) is 5.04. The largest absolute Gasteiger partial charge is 0.329 e. The average Bonchev–Trinajstić information content (AvgIpc) is 2.37. The predicted molar refractivity (Wildman–Crippen MR) is 76.9 cm³/mol. The lowest BCUT2D eigenvalue weighted by molar-refractivity contribution is -0.125. The monoisotopic (exact) mass is 268 g/mol. The number of anilines is 1. The van der Waals surface area contributed by atoms with E-state index in [1.165, 1.54) is 0 Å². The number of halogens is 1. The van der Waals surface area contributed by atoms with Gasteiger partial charge in [-0.2, -0.15) is 0 Å². The van der Waals surface area contributed by atoms with E-state index < -0.39 is 5.41 Å². The van der Waals surface area contributed by atoms with Gasteiger partial charge < -0.3 is 11.1 Å². The first-order chi connectivity index (χ1) is 8.49. The van der Waals surface area contributed by atoms with E-state index in [9.17, 15) is 4.79 Å². The van der Waals surface area contributed by atoms with Crippen LogP contribution >= 0.6 is 11.6 Å². The summed E-state index contributed by atoms with van der Waals surface area (Å²) >= 11 is 6.07. The smallest absolute Gasteiger partial charge is 0.231 e. The zero-order valence-corrected chi connectivity index (χ0v) is 12.0. The molecule has 0 aliphatic heterocycles. The number of rotatable bonds is 5. The van der Waals surface area contributed by atoms with Crippen LogP contribution in [0.4, 0.5) is 5.69 Å². The number of hydrogen-bond donors (Lipinski definition) is 2. The van der Waals surface area contributed by atoms with Gasteiger partial charge in [0.1, 0.15) is 0 Å². The maximum Gasteiger partial charge on any atom is 0.231 e. The minimum atomic E-state index is -0.507. The minimum absolute atomic E-state index is 0.0532. The quantitative estimate of drug-likeness (QED) is 0.860. The van der Waals surface area contributed by atoms with Crippen molar-refractivity contribution in [2.24, 2.45) is 11.1 Å². The third-order valence-corrected chi connectivity index (χ3v) is 3.93. The van der Waals surface area contributed by atoms with Gasteiger partial charge in [-0.05, 0) is 37.5 Å². The summed E-state index contributed by atoms with van der Waals surface area (Å²) in [6.45, 7) is 6.26. The van der Waals surface area contributed by atoms with E-state index in [-0.39, 0.29) is 5.91 Å². The molecule has 0 atom stereocenters. The van der Waals surface area contributed by atoms with Crippen LogP contribution in [0.2, 0.25) is 5.02 Å². The Labute approximate surface area is 114 Å². The van der Waals surface area contributed by atoms with E-state index in [0.717, 1.165) is 18.4 Å². The molecule has 0 spiro atoms. The zero-order valence-electron chi connectivity index (χ0n) is 11.2. The zero-order chi connectivity index (χ0) is 13.8. The van der Waals surface area contributed by atoms with Gasteiger partial charge in [-0.1, -0.05) is 31.5 Å². The van der Waals surface area contributed by atoms with Gasteiger partial charge in [-0.25, -0.2) is 0 Å². The van der Waals surface area contributed by atoms with Gasteiger partial charge >= 0.3 is 0 Å². The van der Waals surface area contributed by atoms with Gasteiger partial charge in [0.25, 0.3) is 0 Å². The summed E-state index contributed by atoms with van der Waals surface area (Å²) in [4.78, 5) is 12.3. The van der Waals surface area contributed by atoms with Gasteiger partial charge in [-0.15, -0.1) is 0 Å². The molecule has 0 aromatic heterocycles. The van der Waals surface area contributed by atoms with Crippen molar-refractivity contribution in [1.82, 2.24) is 0 Å². The lowest BCUT2D eigenvalue weighted by atomic mass is 9.81. The summed E-state index contributed by atoms with van der Waals surface area (Å²) in [5.41, 5.74) is 6.96. The summed E-state index contributed by atoms with van der Waals surface area (Å²) in [6.07, 6.45) is 1.44. The van der Waals surface area contributed by atoms with Crippen LogP contribution in [0.1, 0.15) is 32.3 Å². The standard InChI is InChI=1S/C14H21ClN2O/c1-4-14(5-2,9-16)13(18)17-12-8-10(3)6-7-11(12)15/h6-8H,4-5,9,16H2,1-3H3,(H,17,18). The number of carbonyl (C=O) groups excluding carboxylic acids is 1. The molecule has 0 radical (unpaired) electrons. The van der Waals surface area contributed by atoms with Crippen molar-refractivity contribution < 1.29 is 4.79 Å². The van der Waals surface area contributed by atoms with Crippen LogP contribution < -0.4 is 11.1 Å². The number of carbonyl (C=O) groups is 1. The first kappa shape index (κ1) is 15.0. The summed E-state index contributed by atoms with van der Waals surface area (Å²) in [5.74, 6) is -0.0532. The third-order valence-electron chi connectivity index (χ3n) is 3.60. The van der Waals surface area contributed by atoms with Gasteiger partial charge in [0.2, 0.25) is 5.91 Å². The summed E-state index contributed by atoms with van der Waals surface area (Å²) in [5, 5.41) is 3.44. The van der Waals surface area contributed by atoms with Crippen molar-refractivity contribution in [2.75, 3.05) is 11.9 Å². The lowest BCUT2D eigenvalue weighted by Crippen LogP contribution is -2.41. The number of nitrogens with one attached hydrogen (secondary N) is 1. The van der Waals surface area contributed by atoms with Gasteiger partial charge in [0.15, 0.2) is 0 Å². The van der Waals surface area contributed by atoms with Crippen molar-refractivity contribution in [3.63, 3.8) is 0 Å². The average molecular weight is 269 g/mol. The van der Waals surface area contributed by atoms with E-state index in [2.05, 4.69) is 5.32 Å². The van der Waals surface area contributed by atoms with Crippen molar-refractivity contribution in [3.05, 3.63) is 28.8 Å².